The van der Waals surface area contributed by atoms with E-state index in [-0.39, 0.29) is 0 Å². The van der Waals surface area contributed by atoms with Crippen LogP contribution in [0.5, 0.6) is 0 Å². The molecule has 0 saturated carbocycles. The van der Waals surface area contributed by atoms with Crippen molar-refractivity contribution in [1.82, 2.24) is 9.97 Å². The van der Waals surface area contributed by atoms with Crippen LogP contribution in [0.25, 0.3) is 0 Å². The summed E-state index contributed by atoms with van der Waals surface area (Å²) in [4.78, 5) is 7.64. The van der Waals surface area contributed by atoms with E-state index in [0.717, 1.165) is 0 Å². The topological polar surface area (TPSA) is 63.8 Å². The summed E-state index contributed by atoms with van der Waals surface area (Å²) in [7, 11) is 0. The van der Waals surface area contributed by atoms with Gasteiger partial charge in [0.1, 0.15) is 4.60 Å². The van der Waals surface area contributed by atoms with Gasteiger partial charge in [-0.3, -0.25) is 5.43 Å². The standard InChI is InChI=1S/C4H5BrN4/c5-3-1-2-7-4(8-3)9-6/h1-2H,6H2,(H,7,8,9). The molecular formula is C4H5BrN4. The van der Waals surface area contributed by atoms with Crippen LogP contribution in [0.2, 0.25) is 0 Å². The molecule has 0 amide bonds. The number of hydrogen-bond donors (Lipinski definition) is 2. The van der Waals surface area contributed by atoms with E-state index in [2.05, 4.69) is 31.3 Å². The molecule has 1 heterocycles. The number of hydrazine groups is 1. The van der Waals surface area contributed by atoms with E-state index in [9.17, 15) is 0 Å². The number of anilines is 1. The van der Waals surface area contributed by atoms with Gasteiger partial charge in [0.25, 0.3) is 0 Å². The molecule has 48 valence electrons. The highest BCUT2D eigenvalue weighted by Crippen LogP contribution is 2.04. The fraction of sp³-hybridized carbons (Fsp3) is 0. The van der Waals surface area contributed by atoms with Crippen LogP contribution >= 0.6 is 15.9 Å². The maximum Gasteiger partial charge on any atom is 0.238 e. The average molecular weight is 189 g/mol. The van der Waals surface area contributed by atoms with Gasteiger partial charge in [0.05, 0.1) is 0 Å². The summed E-state index contributed by atoms with van der Waals surface area (Å²) in [6.07, 6.45) is 1.60. The molecule has 1 rings (SSSR count). The lowest BCUT2D eigenvalue weighted by molar-refractivity contribution is 1.10. The second-order valence-electron chi connectivity index (χ2n) is 1.35. The first-order valence-corrected chi connectivity index (χ1v) is 3.07. The first-order chi connectivity index (χ1) is 4.33. The summed E-state index contributed by atoms with van der Waals surface area (Å²) in [6, 6.07) is 1.72. The molecule has 0 unspecified atom stereocenters. The molecule has 0 aliphatic rings. The van der Waals surface area contributed by atoms with Gasteiger partial charge in [-0.05, 0) is 22.0 Å². The number of rotatable bonds is 1. The fourth-order valence-electron chi connectivity index (χ4n) is 0.406. The summed E-state index contributed by atoms with van der Waals surface area (Å²) < 4.78 is 0.713. The van der Waals surface area contributed by atoms with Crippen LogP contribution in [-0.2, 0) is 0 Å². The van der Waals surface area contributed by atoms with Gasteiger partial charge < -0.3 is 0 Å². The summed E-state index contributed by atoms with van der Waals surface area (Å²) in [5, 5.41) is 0. The largest absolute Gasteiger partial charge is 0.292 e. The molecular weight excluding hydrogens is 184 g/mol. The summed E-state index contributed by atoms with van der Waals surface area (Å²) in [5.74, 6) is 5.43. The molecule has 0 spiro atoms. The van der Waals surface area contributed by atoms with Gasteiger partial charge in [-0.1, -0.05) is 0 Å². The van der Waals surface area contributed by atoms with Crippen molar-refractivity contribution < 1.29 is 0 Å². The molecule has 3 N–H and O–H groups in total. The minimum absolute atomic E-state index is 0.407. The van der Waals surface area contributed by atoms with Gasteiger partial charge in [-0.15, -0.1) is 0 Å². The minimum Gasteiger partial charge on any atom is -0.292 e. The predicted octanol–water partition coefficient (Wildman–Crippen LogP) is 0.525. The van der Waals surface area contributed by atoms with E-state index in [1.165, 1.54) is 0 Å². The van der Waals surface area contributed by atoms with Crippen molar-refractivity contribution in [3.63, 3.8) is 0 Å². The maximum atomic E-state index is 5.02. The van der Waals surface area contributed by atoms with Crippen LogP contribution < -0.4 is 11.3 Å². The van der Waals surface area contributed by atoms with Gasteiger partial charge >= 0.3 is 0 Å². The molecule has 0 aromatic carbocycles. The molecule has 0 radical (unpaired) electrons. The molecule has 4 nitrogen and oxygen atoms in total. The van der Waals surface area contributed by atoms with Crippen LogP contribution in [-0.4, -0.2) is 9.97 Å². The smallest absolute Gasteiger partial charge is 0.238 e. The van der Waals surface area contributed by atoms with Crippen molar-refractivity contribution in [2.75, 3.05) is 5.43 Å². The van der Waals surface area contributed by atoms with Crippen LogP contribution in [0.15, 0.2) is 16.9 Å². The van der Waals surface area contributed by atoms with Crippen LogP contribution in [0.1, 0.15) is 0 Å². The highest BCUT2D eigenvalue weighted by molar-refractivity contribution is 9.10. The van der Waals surface area contributed by atoms with E-state index in [4.69, 9.17) is 5.84 Å². The average Bonchev–Trinajstić information content (AvgIpc) is 1.88. The SMILES string of the molecule is NNc1nccc(Br)n1. The number of nitrogens with zero attached hydrogens (tertiary/aromatic N) is 2. The number of nitrogen functional groups attached to an aromatic ring is 1. The first-order valence-electron chi connectivity index (χ1n) is 2.28. The van der Waals surface area contributed by atoms with E-state index in [1.807, 2.05) is 0 Å². The first kappa shape index (κ1) is 6.44. The molecule has 0 saturated heterocycles. The molecule has 1 aromatic heterocycles. The number of halogens is 1. The Labute approximate surface area is 60.6 Å². The molecule has 0 aliphatic heterocycles. The van der Waals surface area contributed by atoms with Gasteiger partial charge in [0, 0.05) is 6.20 Å². The highest BCUT2D eigenvalue weighted by atomic mass is 79.9. The number of nitrogens with one attached hydrogen (secondary N) is 1. The van der Waals surface area contributed by atoms with Crippen LogP contribution in [0, 0.1) is 0 Å². The molecule has 9 heavy (non-hydrogen) atoms. The number of nitrogens with two attached hydrogens (primary N) is 1. The Kier molecular flexibility index (Phi) is 1.96. The molecule has 0 fully saturated rings. The summed E-state index contributed by atoms with van der Waals surface area (Å²) >= 11 is 3.16. The van der Waals surface area contributed by atoms with Gasteiger partial charge in [0.15, 0.2) is 0 Å². The van der Waals surface area contributed by atoms with Crippen molar-refractivity contribution >= 4 is 21.9 Å². The summed E-state index contributed by atoms with van der Waals surface area (Å²) in [6.45, 7) is 0. The maximum absolute atomic E-state index is 5.02. The van der Waals surface area contributed by atoms with E-state index in [0.29, 0.717) is 10.6 Å². The number of hydrogen-bond acceptors (Lipinski definition) is 4. The van der Waals surface area contributed by atoms with Crippen molar-refractivity contribution in [3.05, 3.63) is 16.9 Å². The minimum atomic E-state index is 0.407. The molecule has 0 atom stereocenters. The monoisotopic (exact) mass is 188 g/mol. The third kappa shape index (κ3) is 1.62. The van der Waals surface area contributed by atoms with E-state index < -0.39 is 0 Å². The van der Waals surface area contributed by atoms with Crippen LogP contribution in [0.4, 0.5) is 5.95 Å². The summed E-state index contributed by atoms with van der Waals surface area (Å²) in [5.41, 5.74) is 2.32. The second kappa shape index (κ2) is 2.75. The Bertz CT molecular complexity index is 202. The molecule has 0 aliphatic carbocycles. The number of aromatic nitrogens is 2. The molecule has 5 heteroatoms. The Morgan fingerprint density at radius 3 is 2.89 bits per heavy atom. The lowest BCUT2D eigenvalue weighted by Gasteiger charge is -1.94. The highest BCUT2D eigenvalue weighted by Gasteiger charge is 1.89. The molecule has 0 bridgehead atoms. The van der Waals surface area contributed by atoms with Gasteiger partial charge in [-0.2, -0.15) is 0 Å². The lowest BCUT2D eigenvalue weighted by atomic mass is 10.7. The Hall–Kier alpha value is -0.680. The Balaban J connectivity index is 2.94. The zero-order valence-electron chi connectivity index (χ0n) is 4.50. The zero-order chi connectivity index (χ0) is 6.69. The van der Waals surface area contributed by atoms with Crippen molar-refractivity contribution in [3.8, 4) is 0 Å². The quantitative estimate of drug-likeness (QED) is 0.384. The van der Waals surface area contributed by atoms with Crippen molar-refractivity contribution in [2.45, 2.75) is 0 Å². The van der Waals surface area contributed by atoms with Gasteiger partial charge in [0.2, 0.25) is 5.95 Å². The second-order valence-corrected chi connectivity index (χ2v) is 2.16. The third-order valence-electron chi connectivity index (χ3n) is 0.751. The fourth-order valence-corrected chi connectivity index (χ4v) is 0.692. The van der Waals surface area contributed by atoms with Crippen LogP contribution in [0.3, 0.4) is 0 Å². The third-order valence-corrected chi connectivity index (χ3v) is 1.19. The zero-order valence-corrected chi connectivity index (χ0v) is 6.09. The van der Waals surface area contributed by atoms with Gasteiger partial charge in [-0.25, -0.2) is 15.8 Å². The molecule has 1 aromatic rings. The predicted molar refractivity (Wildman–Crippen MR) is 37.5 cm³/mol. The van der Waals surface area contributed by atoms with E-state index >= 15 is 0 Å². The Morgan fingerprint density at radius 2 is 2.44 bits per heavy atom. The Morgan fingerprint density at radius 1 is 1.67 bits per heavy atom. The van der Waals surface area contributed by atoms with Crippen molar-refractivity contribution in [1.29, 1.82) is 0 Å². The van der Waals surface area contributed by atoms with E-state index in [1.54, 1.807) is 12.3 Å². The normalized spacial score (nSPS) is 9.11. The lowest BCUT2D eigenvalue weighted by Crippen LogP contribution is -2.09. The van der Waals surface area contributed by atoms with Crippen molar-refractivity contribution in [2.24, 2.45) is 5.84 Å².